The maximum Gasteiger partial charge on any atom is 0.152 e. The van der Waals surface area contributed by atoms with Crippen LogP contribution in [-0.2, 0) is 7.05 Å². The van der Waals surface area contributed by atoms with Gasteiger partial charge in [-0.1, -0.05) is 18.3 Å². The van der Waals surface area contributed by atoms with Crippen molar-refractivity contribution in [2.45, 2.75) is 25.8 Å². The zero-order valence-electron chi connectivity index (χ0n) is 15.9. The van der Waals surface area contributed by atoms with Gasteiger partial charge in [-0.05, 0) is 37.6 Å². The van der Waals surface area contributed by atoms with Crippen molar-refractivity contribution in [1.82, 2.24) is 20.1 Å². The Bertz CT molecular complexity index is 1110. The Labute approximate surface area is 170 Å². The molecule has 4 heterocycles. The predicted octanol–water partition coefficient (Wildman–Crippen LogP) is 4.63. The molecule has 4 aromatic rings. The van der Waals surface area contributed by atoms with Crippen LogP contribution in [0.1, 0.15) is 19.8 Å². The van der Waals surface area contributed by atoms with E-state index in [1.165, 1.54) is 22.5 Å². The first kappa shape index (κ1) is 18.0. The van der Waals surface area contributed by atoms with Gasteiger partial charge in [0.25, 0.3) is 0 Å². The van der Waals surface area contributed by atoms with E-state index in [9.17, 15) is 4.39 Å². The number of nitrogens with zero attached hydrogens (tertiary/aromatic N) is 4. The minimum atomic E-state index is -0.295. The molecule has 0 bridgehead atoms. The second-order valence-electron chi connectivity index (χ2n) is 7.29. The predicted molar refractivity (Wildman–Crippen MR) is 116 cm³/mol. The molecule has 0 radical (unpaired) electrons. The van der Waals surface area contributed by atoms with Gasteiger partial charge in [-0.3, -0.25) is 4.68 Å². The summed E-state index contributed by atoms with van der Waals surface area (Å²) in [5, 5.41) is 10.7. The number of benzene rings is 1. The number of piperidine rings is 1. The maximum absolute atomic E-state index is 14.4. The molecule has 1 N–H and O–H groups in total. The lowest BCUT2D eigenvalue weighted by molar-refractivity contribution is 0.425. The van der Waals surface area contributed by atoms with Gasteiger partial charge in [0.15, 0.2) is 5.82 Å². The molecule has 5 nitrogen and oxygen atoms in total. The summed E-state index contributed by atoms with van der Waals surface area (Å²) in [6, 6.07) is 6.40. The van der Waals surface area contributed by atoms with Crippen LogP contribution in [-0.4, -0.2) is 40.4 Å². The van der Waals surface area contributed by atoms with Gasteiger partial charge < -0.3 is 10.2 Å². The van der Waals surface area contributed by atoms with Crippen LogP contribution in [0, 0.1) is 5.82 Å². The van der Waals surface area contributed by atoms with Gasteiger partial charge in [0.05, 0.1) is 9.70 Å². The molecule has 1 aliphatic heterocycles. The van der Waals surface area contributed by atoms with Gasteiger partial charge >= 0.3 is 0 Å². The van der Waals surface area contributed by atoms with E-state index < -0.39 is 0 Å². The molecule has 1 saturated heterocycles. The molecular weight excluding hydrogens is 393 g/mol. The van der Waals surface area contributed by atoms with Crippen LogP contribution >= 0.6 is 22.7 Å². The average molecular weight is 416 g/mol. The van der Waals surface area contributed by atoms with Crippen molar-refractivity contribution >= 4 is 48.1 Å². The summed E-state index contributed by atoms with van der Waals surface area (Å²) < 4.78 is 17.2. The van der Waals surface area contributed by atoms with Crippen molar-refractivity contribution in [1.29, 1.82) is 0 Å². The first-order valence-corrected chi connectivity index (χ1v) is 11.3. The number of nitrogens with one attached hydrogen (secondary N) is 1. The summed E-state index contributed by atoms with van der Waals surface area (Å²) in [6.45, 7) is 5.38. The quantitative estimate of drug-likeness (QED) is 0.528. The van der Waals surface area contributed by atoms with Gasteiger partial charge in [0, 0.05) is 43.3 Å². The standard InChI is InChI=1S/C20H22FN5S2/c1-3-22-14-4-6-26(7-5-14)17-10-16-20(28-17)23-19(27-16)12-8-13-11-25(2)24-18(13)15(21)9-12/h8-11,14,22H,3-7H2,1-2H3. The number of thiophene rings is 1. The van der Waals surface area contributed by atoms with Crippen molar-refractivity contribution in [3.05, 3.63) is 30.2 Å². The molecule has 0 saturated carbocycles. The number of hydrogen-bond acceptors (Lipinski definition) is 6. The van der Waals surface area contributed by atoms with Crippen LogP contribution in [0.4, 0.5) is 9.39 Å². The fourth-order valence-corrected chi connectivity index (χ4v) is 6.18. The number of thiazole rings is 1. The van der Waals surface area contributed by atoms with Gasteiger partial charge in [0.2, 0.25) is 0 Å². The van der Waals surface area contributed by atoms with Crippen LogP contribution in [0.3, 0.4) is 0 Å². The Balaban J connectivity index is 1.40. The SMILES string of the molecule is CCNC1CCN(c2cc3sc(-c4cc(F)c5nn(C)cc5c4)nc3s2)CC1. The number of hydrogen-bond donors (Lipinski definition) is 1. The molecular formula is C20H22FN5S2. The highest BCUT2D eigenvalue weighted by Crippen LogP contribution is 2.40. The number of rotatable bonds is 4. The van der Waals surface area contributed by atoms with Crippen LogP contribution in [0.2, 0.25) is 0 Å². The highest BCUT2D eigenvalue weighted by atomic mass is 32.1. The first-order chi connectivity index (χ1) is 13.6. The molecule has 0 spiro atoms. The smallest absolute Gasteiger partial charge is 0.152 e. The molecule has 146 valence electrons. The van der Waals surface area contributed by atoms with Crippen molar-refractivity contribution in [3.8, 4) is 10.6 Å². The van der Waals surface area contributed by atoms with E-state index in [0.717, 1.165) is 40.4 Å². The number of anilines is 1. The summed E-state index contributed by atoms with van der Waals surface area (Å²) in [5.41, 5.74) is 1.23. The third-order valence-corrected chi connectivity index (χ3v) is 7.57. The van der Waals surface area contributed by atoms with E-state index in [0.29, 0.717) is 11.6 Å². The van der Waals surface area contributed by atoms with Crippen LogP contribution < -0.4 is 10.2 Å². The third-order valence-electron chi connectivity index (χ3n) is 5.30. The summed E-state index contributed by atoms with van der Waals surface area (Å²) in [6.07, 6.45) is 4.21. The van der Waals surface area contributed by atoms with Gasteiger partial charge in [0.1, 0.15) is 15.4 Å². The van der Waals surface area contributed by atoms with Crippen molar-refractivity contribution in [2.75, 3.05) is 24.5 Å². The van der Waals surface area contributed by atoms with Gasteiger partial charge in [-0.15, -0.1) is 11.3 Å². The lowest BCUT2D eigenvalue weighted by atomic mass is 10.1. The molecule has 5 rings (SSSR count). The second-order valence-corrected chi connectivity index (χ2v) is 9.33. The molecule has 1 aromatic carbocycles. The topological polar surface area (TPSA) is 46.0 Å². The summed E-state index contributed by atoms with van der Waals surface area (Å²) in [4.78, 5) is 8.31. The molecule has 0 amide bonds. The molecule has 28 heavy (non-hydrogen) atoms. The van der Waals surface area contributed by atoms with E-state index >= 15 is 0 Å². The number of fused-ring (bicyclic) bond motifs is 2. The molecule has 1 fully saturated rings. The van der Waals surface area contributed by atoms with E-state index in [4.69, 9.17) is 4.98 Å². The normalized spacial score (nSPS) is 15.9. The minimum absolute atomic E-state index is 0.295. The zero-order chi connectivity index (χ0) is 19.3. The zero-order valence-corrected chi connectivity index (χ0v) is 17.5. The van der Waals surface area contributed by atoms with Crippen molar-refractivity contribution < 1.29 is 4.39 Å². The minimum Gasteiger partial charge on any atom is -0.363 e. The summed E-state index contributed by atoms with van der Waals surface area (Å²) >= 11 is 3.37. The molecule has 8 heteroatoms. The monoisotopic (exact) mass is 415 g/mol. The number of halogens is 1. The lowest BCUT2D eigenvalue weighted by Crippen LogP contribution is -2.42. The van der Waals surface area contributed by atoms with Crippen LogP contribution in [0.5, 0.6) is 0 Å². The Morgan fingerprint density at radius 3 is 2.79 bits per heavy atom. The van der Waals surface area contributed by atoms with Crippen molar-refractivity contribution in [3.63, 3.8) is 0 Å². The Hall–Kier alpha value is -2.03. The fraction of sp³-hybridized carbons (Fsp3) is 0.400. The van der Waals surface area contributed by atoms with E-state index in [2.05, 4.69) is 28.3 Å². The largest absolute Gasteiger partial charge is 0.363 e. The Morgan fingerprint density at radius 1 is 1.21 bits per heavy atom. The van der Waals surface area contributed by atoms with Gasteiger partial charge in [-0.25, -0.2) is 9.37 Å². The Morgan fingerprint density at radius 2 is 2.04 bits per heavy atom. The van der Waals surface area contributed by atoms with Crippen molar-refractivity contribution in [2.24, 2.45) is 7.05 Å². The lowest BCUT2D eigenvalue weighted by Gasteiger charge is -2.32. The van der Waals surface area contributed by atoms with Crippen LogP contribution in [0.15, 0.2) is 24.4 Å². The summed E-state index contributed by atoms with van der Waals surface area (Å²) in [7, 11) is 1.81. The number of aryl methyl sites for hydroxylation is 1. The fourth-order valence-electron chi connectivity index (χ4n) is 3.93. The maximum atomic E-state index is 14.4. The van der Waals surface area contributed by atoms with E-state index in [1.54, 1.807) is 40.5 Å². The highest BCUT2D eigenvalue weighted by Gasteiger charge is 2.21. The molecule has 0 atom stereocenters. The average Bonchev–Trinajstić information content (AvgIpc) is 3.35. The van der Waals surface area contributed by atoms with Gasteiger partial charge in [-0.2, -0.15) is 5.10 Å². The Kier molecular flexibility index (Phi) is 4.57. The number of aromatic nitrogens is 3. The molecule has 0 unspecified atom stereocenters. The van der Waals surface area contributed by atoms with E-state index in [1.807, 2.05) is 12.3 Å². The summed E-state index contributed by atoms with van der Waals surface area (Å²) in [5.74, 6) is -0.295. The van der Waals surface area contributed by atoms with E-state index in [-0.39, 0.29) is 5.82 Å². The molecule has 0 aliphatic carbocycles. The highest BCUT2D eigenvalue weighted by molar-refractivity contribution is 7.30. The molecule has 3 aromatic heterocycles. The molecule has 1 aliphatic rings. The first-order valence-electron chi connectivity index (χ1n) is 9.62. The second kappa shape index (κ2) is 7.09. The third kappa shape index (κ3) is 3.19. The van der Waals surface area contributed by atoms with Crippen LogP contribution in [0.25, 0.3) is 31.0 Å².